The number of ether oxygens (including phenoxy) is 1. The number of hydrogen-bond acceptors (Lipinski definition) is 2. The van der Waals surface area contributed by atoms with Crippen molar-refractivity contribution in [2.45, 2.75) is 19.3 Å². The van der Waals surface area contributed by atoms with Crippen LogP contribution in [-0.2, 0) is 0 Å². The molecule has 0 saturated carbocycles. The van der Waals surface area contributed by atoms with Crippen LogP contribution in [0.25, 0.3) is 0 Å². The lowest BCUT2D eigenvalue weighted by Gasteiger charge is -2.27. The average Bonchev–Trinajstić information content (AvgIpc) is 2.37. The molecule has 1 aliphatic heterocycles. The molecule has 94 valence electrons. The molecule has 0 bridgehead atoms. The predicted octanol–water partition coefficient (Wildman–Crippen LogP) is 4.07. The highest BCUT2D eigenvalue weighted by molar-refractivity contribution is 9.11. The fraction of sp³-hybridized carbons (Fsp3) is 0.214. The van der Waals surface area contributed by atoms with E-state index in [0.717, 1.165) is 4.48 Å². The molecule has 0 aromatic heterocycles. The maximum Gasteiger partial charge on any atom is 0.419 e. The standard InChI is InChI=1S/C14H14BrNO2/c1-2-12-10-11(15)8-9-16(12)14(17)18-13-6-4-3-5-7-13/h3-10,12H,2H2,1H3/i1D3. The largest absolute Gasteiger partial charge is 0.419 e. The molecule has 1 aliphatic rings. The Hall–Kier alpha value is -1.55. The molecule has 18 heavy (non-hydrogen) atoms. The second-order valence-corrected chi connectivity index (χ2v) is 4.64. The highest BCUT2D eigenvalue weighted by atomic mass is 79.9. The molecule has 0 radical (unpaired) electrons. The number of carbonyl (C=O) groups is 1. The molecule has 0 aliphatic carbocycles. The van der Waals surface area contributed by atoms with Crippen LogP contribution >= 0.6 is 15.9 Å². The van der Waals surface area contributed by atoms with Crippen molar-refractivity contribution in [3.05, 3.63) is 53.2 Å². The van der Waals surface area contributed by atoms with Crippen molar-refractivity contribution in [1.82, 2.24) is 4.90 Å². The van der Waals surface area contributed by atoms with Gasteiger partial charge in [-0.2, -0.15) is 0 Å². The number of nitrogens with zero attached hydrogens (tertiary/aromatic N) is 1. The van der Waals surface area contributed by atoms with Crippen molar-refractivity contribution < 1.29 is 13.6 Å². The zero-order valence-electron chi connectivity index (χ0n) is 12.5. The van der Waals surface area contributed by atoms with Crippen molar-refractivity contribution in [2.24, 2.45) is 0 Å². The smallest absolute Gasteiger partial charge is 0.410 e. The van der Waals surface area contributed by atoms with Gasteiger partial charge in [-0.05, 0) is 30.7 Å². The van der Waals surface area contributed by atoms with Gasteiger partial charge < -0.3 is 4.74 Å². The second kappa shape index (κ2) is 5.87. The summed E-state index contributed by atoms with van der Waals surface area (Å²) >= 11 is 3.29. The number of carbonyl (C=O) groups excluding carboxylic acids is 1. The third-order valence-electron chi connectivity index (χ3n) is 2.47. The Morgan fingerprint density at radius 3 is 3.00 bits per heavy atom. The van der Waals surface area contributed by atoms with Crippen LogP contribution in [-0.4, -0.2) is 17.0 Å². The summed E-state index contributed by atoms with van der Waals surface area (Å²) in [6.45, 7) is -2.13. The summed E-state index contributed by atoms with van der Waals surface area (Å²) in [6.07, 6.45) is 4.12. The van der Waals surface area contributed by atoms with E-state index in [1.54, 1.807) is 36.4 Å². The van der Waals surface area contributed by atoms with E-state index in [-0.39, 0.29) is 6.42 Å². The van der Waals surface area contributed by atoms with Gasteiger partial charge in [-0.25, -0.2) is 4.79 Å². The van der Waals surface area contributed by atoms with Crippen molar-refractivity contribution in [1.29, 1.82) is 0 Å². The monoisotopic (exact) mass is 310 g/mol. The van der Waals surface area contributed by atoms with Gasteiger partial charge in [-0.3, -0.25) is 4.90 Å². The normalized spacial score (nSPS) is 21.6. The van der Waals surface area contributed by atoms with Crippen LogP contribution in [0.3, 0.4) is 0 Å². The van der Waals surface area contributed by atoms with Crippen LogP contribution in [0.2, 0.25) is 0 Å². The second-order valence-electron chi connectivity index (χ2n) is 3.73. The van der Waals surface area contributed by atoms with Gasteiger partial charge in [0.2, 0.25) is 0 Å². The summed E-state index contributed by atoms with van der Waals surface area (Å²) in [5, 5.41) is 0. The van der Waals surface area contributed by atoms with E-state index in [2.05, 4.69) is 15.9 Å². The van der Waals surface area contributed by atoms with E-state index in [1.165, 1.54) is 11.1 Å². The van der Waals surface area contributed by atoms with Crippen molar-refractivity contribution in [2.75, 3.05) is 0 Å². The molecule has 0 spiro atoms. The summed E-state index contributed by atoms with van der Waals surface area (Å²) in [7, 11) is 0. The van der Waals surface area contributed by atoms with Crippen LogP contribution in [0.15, 0.2) is 53.2 Å². The first-order valence-electron chi connectivity index (χ1n) is 6.96. The summed E-state index contributed by atoms with van der Waals surface area (Å²) in [5.41, 5.74) is 0. The molecule has 1 atom stereocenters. The number of allylic oxidation sites excluding steroid dienone is 2. The van der Waals surface area contributed by atoms with E-state index in [4.69, 9.17) is 8.85 Å². The molecule has 0 N–H and O–H groups in total. The maximum absolute atomic E-state index is 12.2. The summed E-state index contributed by atoms with van der Waals surface area (Å²) < 4.78 is 28.1. The van der Waals surface area contributed by atoms with Crippen LogP contribution in [0.4, 0.5) is 4.79 Å². The Kier molecular flexibility index (Phi) is 3.06. The van der Waals surface area contributed by atoms with Gasteiger partial charge in [-0.15, -0.1) is 0 Å². The Balaban J connectivity index is 2.12. The Labute approximate surface area is 119 Å². The summed E-state index contributed by atoms with van der Waals surface area (Å²) in [5.74, 6) is 0.414. The van der Waals surface area contributed by atoms with E-state index in [1.807, 2.05) is 6.07 Å². The van der Waals surface area contributed by atoms with E-state index >= 15 is 0 Å². The summed E-state index contributed by atoms with van der Waals surface area (Å²) in [6, 6.07) is 8.07. The first-order chi connectivity index (χ1) is 9.85. The molecule has 0 saturated heterocycles. The van der Waals surface area contributed by atoms with Crippen molar-refractivity contribution in [3.8, 4) is 5.75 Å². The number of rotatable bonds is 2. The molecule has 2 rings (SSSR count). The Bertz CT molecular complexity index is 569. The van der Waals surface area contributed by atoms with Gasteiger partial charge in [0.1, 0.15) is 5.75 Å². The van der Waals surface area contributed by atoms with Crippen LogP contribution in [0.1, 0.15) is 17.4 Å². The van der Waals surface area contributed by atoms with Crippen LogP contribution in [0.5, 0.6) is 5.75 Å². The molecule has 0 fully saturated rings. The molecule has 3 nitrogen and oxygen atoms in total. The molecule has 4 heteroatoms. The zero-order chi connectivity index (χ0) is 15.5. The van der Waals surface area contributed by atoms with Gasteiger partial charge >= 0.3 is 6.09 Å². The van der Waals surface area contributed by atoms with Crippen LogP contribution < -0.4 is 4.74 Å². The van der Waals surface area contributed by atoms with E-state index < -0.39 is 19.0 Å². The first-order valence-corrected chi connectivity index (χ1v) is 6.25. The van der Waals surface area contributed by atoms with Gasteiger partial charge in [-0.1, -0.05) is 41.0 Å². The van der Waals surface area contributed by atoms with Gasteiger partial charge in [0.05, 0.1) is 6.04 Å². The minimum atomic E-state index is -2.13. The number of amides is 1. The SMILES string of the molecule is [2H]C([2H])([2H])CC1C=C(Br)C=CN1C(=O)Oc1ccccc1. The first kappa shape index (κ1) is 9.39. The maximum atomic E-state index is 12.2. The Morgan fingerprint density at radius 2 is 2.28 bits per heavy atom. The Morgan fingerprint density at radius 1 is 1.50 bits per heavy atom. The molecule has 1 aromatic rings. The third-order valence-corrected chi connectivity index (χ3v) is 3.00. The van der Waals surface area contributed by atoms with Crippen molar-refractivity contribution >= 4 is 22.0 Å². The van der Waals surface area contributed by atoms with Gasteiger partial charge in [0.25, 0.3) is 0 Å². The predicted molar refractivity (Wildman–Crippen MR) is 74.5 cm³/mol. The molecule has 1 unspecified atom stereocenters. The highest BCUT2D eigenvalue weighted by Gasteiger charge is 2.23. The van der Waals surface area contributed by atoms with Gasteiger partial charge in [0.15, 0.2) is 0 Å². The minimum absolute atomic E-state index is 0.143. The number of hydrogen-bond donors (Lipinski definition) is 0. The lowest BCUT2D eigenvalue weighted by atomic mass is 10.1. The number of benzene rings is 1. The van der Waals surface area contributed by atoms with E-state index in [9.17, 15) is 4.79 Å². The molecule has 1 aromatic carbocycles. The fourth-order valence-corrected chi connectivity index (χ4v) is 2.00. The lowest BCUT2D eigenvalue weighted by Crippen LogP contribution is -2.37. The molecule has 1 heterocycles. The average molecular weight is 311 g/mol. The number of halogens is 1. The van der Waals surface area contributed by atoms with Gasteiger partial charge in [0, 0.05) is 14.8 Å². The fourth-order valence-electron chi connectivity index (χ4n) is 1.58. The topological polar surface area (TPSA) is 29.5 Å². The molecule has 1 amide bonds. The quantitative estimate of drug-likeness (QED) is 0.824. The lowest BCUT2D eigenvalue weighted by molar-refractivity contribution is 0.160. The van der Waals surface area contributed by atoms with E-state index in [0.29, 0.717) is 5.75 Å². The molecular formula is C14H14BrNO2. The third kappa shape index (κ3) is 3.01. The zero-order valence-corrected chi connectivity index (χ0v) is 11.1. The molecular weight excluding hydrogens is 294 g/mol. The minimum Gasteiger partial charge on any atom is -0.410 e. The number of para-hydroxylation sites is 1. The highest BCUT2D eigenvalue weighted by Crippen LogP contribution is 2.21. The summed E-state index contributed by atoms with van der Waals surface area (Å²) in [4.78, 5) is 13.5. The van der Waals surface area contributed by atoms with Crippen LogP contribution in [0, 0.1) is 0 Å². The van der Waals surface area contributed by atoms with Crippen molar-refractivity contribution in [3.63, 3.8) is 0 Å².